The molecule has 3 rings (SSSR count). The number of thiocarbonyl (C=S) groups is 1. The van der Waals surface area contributed by atoms with Crippen molar-refractivity contribution in [2.24, 2.45) is 0 Å². The van der Waals surface area contributed by atoms with Gasteiger partial charge in [-0.2, -0.15) is 0 Å². The van der Waals surface area contributed by atoms with Crippen molar-refractivity contribution in [3.8, 4) is 0 Å². The minimum absolute atomic E-state index is 0.0555. The number of hydrogen-bond acceptors (Lipinski definition) is 4. The Hall–Kier alpha value is -2.67. The zero-order valence-corrected chi connectivity index (χ0v) is 14.5. The van der Waals surface area contributed by atoms with Crippen molar-refractivity contribution in [2.45, 2.75) is 19.3 Å². The van der Waals surface area contributed by atoms with Crippen molar-refractivity contribution in [3.63, 3.8) is 0 Å². The van der Waals surface area contributed by atoms with Gasteiger partial charge >= 0.3 is 0 Å². The predicted octanol–water partition coefficient (Wildman–Crippen LogP) is 3.03. The Morgan fingerprint density at radius 3 is 2.40 bits per heavy atom. The maximum Gasteiger partial charge on any atom is 0.293 e. The van der Waals surface area contributed by atoms with E-state index in [1.54, 1.807) is 36.4 Å². The molecule has 25 heavy (non-hydrogen) atoms. The van der Waals surface area contributed by atoms with Crippen LogP contribution in [0.3, 0.4) is 0 Å². The maximum absolute atomic E-state index is 12.4. The first kappa shape index (κ1) is 17.2. The van der Waals surface area contributed by atoms with E-state index in [0.717, 1.165) is 25.9 Å². The van der Waals surface area contributed by atoms with E-state index >= 15 is 0 Å². The van der Waals surface area contributed by atoms with Gasteiger partial charge in [0.2, 0.25) is 0 Å². The molecule has 0 aliphatic carbocycles. The number of benzene rings is 1. The van der Waals surface area contributed by atoms with Crippen LogP contribution in [0.2, 0.25) is 0 Å². The molecule has 0 bridgehead atoms. The third-order valence-corrected chi connectivity index (χ3v) is 4.21. The van der Waals surface area contributed by atoms with Crippen LogP contribution >= 0.6 is 12.2 Å². The Kier molecular flexibility index (Phi) is 5.45. The lowest BCUT2D eigenvalue weighted by molar-refractivity contribution is 0.0724. The number of carbonyl (C=O) groups excluding carboxylic acids is 2. The van der Waals surface area contributed by atoms with Crippen LogP contribution in [0.25, 0.3) is 0 Å². The molecule has 2 N–H and O–H groups in total. The molecule has 1 aromatic carbocycles. The molecule has 1 aliphatic rings. The van der Waals surface area contributed by atoms with Gasteiger partial charge in [-0.15, -0.1) is 0 Å². The van der Waals surface area contributed by atoms with Gasteiger partial charge < -0.3 is 14.6 Å². The fourth-order valence-electron chi connectivity index (χ4n) is 2.71. The summed E-state index contributed by atoms with van der Waals surface area (Å²) >= 11 is 5.11. The monoisotopic (exact) mass is 357 g/mol. The molecular weight excluding hydrogens is 338 g/mol. The zero-order valence-electron chi connectivity index (χ0n) is 13.7. The van der Waals surface area contributed by atoms with Crippen molar-refractivity contribution in [1.29, 1.82) is 0 Å². The summed E-state index contributed by atoms with van der Waals surface area (Å²) in [4.78, 5) is 26.2. The lowest BCUT2D eigenvalue weighted by Crippen LogP contribution is -2.35. The predicted molar refractivity (Wildman–Crippen MR) is 98.6 cm³/mol. The van der Waals surface area contributed by atoms with Gasteiger partial charge in [-0.25, -0.2) is 0 Å². The van der Waals surface area contributed by atoms with Crippen molar-refractivity contribution in [3.05, 3.63) is 54.0 Å². The summed E-state index contributed by atoms with van der Waals surface area (Å²) in [6.45, 7) is 1.64. The Labute approximate surface area is 151 Å². The number of nitrogens with zero attached hydrogens (tertiary/aromatic N) is 1. The molecule has 1 saturated heterocycles. The topological polar surface area (TPSA) is 74.6 Å². The van der Waals surface area contributed by atoms with E-state index in [-0.39, 0.29) is 16.8 Å². The molecule has 130 valence electrons. The largest absolute Gasteiger partial charge is 0.459 e. The molecule has 2 amide bonds. The number of rotatable bonds is 3. The number of piperidine rings is 1. The molecule has 6 nitrogen and oxygen atoms in total. The second-order valence-corrected chi connectivity index (χ2v) is 6.22. The van der Waals surface area contributed by atoms with Gasteiger partial charge in [0.05, 0.1) is 6.26 Å². The highest BCUT2D eigenvalue weighted by molar-refractivity contribution is 7.80. The third-order valence-electron chi connectivity index (χ3n) is 4.01. The number of hydrogen-bond donors (Lipinski definition) is 2. The minimum Gasteiger partial charge on any atom is -0.459 e. The van der Waals surface area contributed by atoms with Gasteiger partial charge in [-0.1, -0.05) is 0 Å². The van der Waals surface area contributed by atoms with Crippen molar-refractivity contribution in [2.75, 3.05) is 18.4 Å². The van der Waals surface area contributed by atoms with E-state index < -0.39 is 5.91 Å². The van der Waals surface area contributed by atoms with Crippen LogP contribution < -0.4 is 10.6 Å². The summed E-state index contributed by atoms with van der Waals surface area (Å²) in [6.07, 6.45) is 4.74. The molecule has 0 spiro atoms. The standard InChI is InChI=1S/C18H19N3O3S/c22-16(15-5-4-12-24-15)20-18(25)19-14-8-6-13(7-9-14)17(23)21-10-2-1-3-11-21/h4-9,12H,1-3,10-11H2,(H2,19,20,22,25). The van der Waals surface area contributed by atoms with E-state index in [4.69, 9.17) is 16.6 Å². The number of likely N-dealkylation sites (tertiary alicyclic amines) is 1. The zero-order chi connectivity index (χ0) is 17.6. The molecular formula is C18H19N3O3S. The van der Waals surface area contributed by atoms with Crippen molar-refractivity contribution >= 4 is 34.8 Å². The minimum atomic E-state index is -0.417. The van der Waals surface area contributed by atoms with E-state index in [2.05, 4.69) is 10.6 Å². The fraction of sp³-hybridized carbons (Fsp3) is 0.278. The maximum atomic E-state index is 12.4. The molecule has 2 aromatic rings. The average molecular weight is 357 g/mol. The number of furan rings is 1. The highest BCUT2D eigenvalue weighted by atomic mass is 32.1. The summed E-state index contributed by atoms with van der Waals surface area (Å²) in [6, 6.07) is 10.2. The summed E-state index contributed by atoms with van der Waals surface area (Å²) < 4.78 is 5.00. The SMILES string of the molecule is O=C(NC(=S)Nc1ccc(C(=O)N2CCCCC2)cc1)c1ccco1. The number of amides is 2. The van der Waals surface area contributed by atoms with Crippen LogP contribution in [0.1, 0.15) is 40.2 Å². The Bertz CT molecular complexity index is 750. The fourth-order valence-corrected chi connectivity index (χ4v) is 2.92. The summed E-state index contributed by atoms with van der Waals surface area (Å²) in [7, 11) is 0. The molecule has 1 fully saturated rings. The smallest absolute Gasteiger partial charge is 0.293 e. The van der Waals surface area contributed by atoms with Gasteiger partial charge in [0, 0.05) is 24.3 Å². The molecule has 1 aromatic heterocycles. The molecule has 7 heteroatoms. The molecule has 2 heterocycles. The normalized spacial score (nSPS) is 14.0. The second-order valence-electron chi connectivity index (χ2n) is 5.82. The summed E-state index contributed by atoms with van der Waals surface area (Å²) in [5, 5.41) is 5.61. The highest BCUT2D eigenvalue weighted by Gasteiger charge is 2.18. The van der Waals surface area contributed by atoms with E-state index in [0.29, 0.717) is 11.3 Å². The van der Waals surface area contributed by atoms with Crippen molar-refractivity contribution in [1.82, 2.24) is 10.2 Å². The quantitative estimate of drug-likeness (QED) is 0.826. The highest BCUT2D eigenvalue weighted by Crippen LogP contribution is 2.15. The molecule has 0 radical (unpaired) electrons. The lowest BCUT2D eigenvalue weighted by Gasteiger charge is -2.26. The van der Waals surface area contributed by atoms with Gasteiger partial charge in [0.25, 0.3) is 11.8 Å². The molecule has 0 unspecified atom stereocenters. The number of carbonyl (C=O) groups is 2. The van der Waals surface area contributed by atoms with Crippen molar-refractivity contribution < 1.29 is 14.0 Å². The first-order valence-electron chi connectivity index (χ1n) is 8.18. The first-order valence-corrected chi connectivity index (χ1v) is 8.59. The van der Waals surface area contributed by atoms with Gasteiger partial charge in [0.15, 0.2) is 10.9 Å². The summed E-state index contributed by atoms with van der Waals surface area (Å²) in [5.41, 5.74) is 1.35. The average Bonchev–Trinajstić information content (AvgIpc) is 3.17. The van der Waals surface area contributed by atoms with Crippen LogP contribution in [0.15, 0.2) is 47.1 Å². The van der Waals surface area contributed by atoms with Gasteiger partial charge in [0.1, 0.15) is 0 Å². The molecule has 0 saturated carbocycles. The Morgan fingerprint density at radius 1 is 1.04 bits per heavy atom. The summed E-state index contributed by atoms with van der Waals surface area (Å²) in [5.74, 6) is -0.175. The van der Waals surface area contributed by atoms with Crippen LogP contribution in [-0.4, -0.2) is 34.9 Å². The third kappa shape index (κ3) is 4.45. The van der Waals surface area contributed by atoms with Crippen LogP contribution in [0, 0.1) is 0 Å². The van der Waals surface area contributed by atoms with E-state index in [9.17, 15) is 9.59 Å². The van der Waals surface area contributed by atoms with Crippen LogP contribution in [-0.2, 0) is 0 Å². The van der Waals surface area contributed by atoms with Crippen LogP contribution in [0.5, 0.6) is 0 Å². The Morgan fingerprint density at radius 2 is 1.76 bits per heavy atom. The van der Waals surface area contributed by atoms with Crippen LogP contribution in [0.4, 0.5) is 5.69 Å². The Balaban J connectivity index is 1.56. The second kappa shape index (κ2) is 7.94. The van der Waals surface area contributed by atoms with E-state index in [1.165, 1.54) is 12.7 Å². The first-order chi connectivity index (χ1) is 12.1. The van der Waals surface area contributed by atoms with E-state index in [1.807, 2.05) is 4.90 Å². The van der Waals surface area contributed by atoms with Gasteiger partial charge in [-0.05, 0) is 67.9 Å². The lowest BCUT2D eigenvalue weighted by atomic mass is 10.1. The molecule has 0 atom stereocenters. The van der Waals surface area contributed by atoms with Gasteiger partial charge in [-0.3, -0.25) is 14.9 Å². The number of anilines is 1. The molecule has 1 aliphatic heterocycles. The number of nitrogens with one attached hydrogen (secondary N) is 2.